The lowest BCUT2D eigenvalue weighted by molar-refractivity contribution is -0.195. The van der Waals surface area contributed by atoms with E-state index in [4.69, 9.17) is 15.6 Å². The van der Waals surface area contributed by atoms with E-state index in [-0.39, 0.29) is 5.82 Å². The van der Waals surface area contributed by atoms with E-state index < -0.39 is 30.7 Å². The van der Waals surface area contributed by atoms with E-state index in [1.807, 2.05) is 0 Å². The summed E-state index contributed by atoms with van der Waals surface area (Å²) in [5.41, 5.74) is 6.28. The summed E-state index contributed by atoms with van der Waals surface area (Å²) < 4.78 is 19.4. The highest BCUT2D eigenvalue weighted by Crippen LogP contribution is 2.42. The van der Waals surface area contributed by atoms with Crippen molar-refractivity contribution in [2.45, 2.75) is 25.1 Å². The second-order valence-corrected chi connectivity index (χ2v) is 5.02. The van der Waals surface area contributed by atoms with Crippen LogP contribution in [-0.2, 0) is 4.74 Å². The highest BCUT2D eigenvalue weighted by molar-refractivity contribution is 5.80. The predicted octanol–water partition coefficient (Wildman–Crippen LogP) is -0.740. The summed E-state index contributed by atoms with van der Waals surface area (Å²) >= 11 is 0. The molecule has 0 bridgehead atoms. The standard InChI is InChI=1S/C11H16FN5O3/c1-5-7(19)11(12,2-18)20-10(5)17-4-16-6-8(13)14-3-15-9(6)17/h3,5,7,10,16,18-19H,2,4H2,1H3,(H2,13,14,15)/t5-,7-,10+,11+/m0/s1. The Morgan fingerprint density at radius 1 is 1.65 bits per heavy atom. The first-order chi connectivity index (χ1) is 9.48. The number of rotatable bonds is 2. The van der Waals surface area contributed by atoms with Crippen molar-refractivity contribution in [1.82, 2.24) is 9.97 Å². The van der Waals surface area contributed by atoms with Crippen molar-refractivity contribution in [2.75, 3.05) is 29.2 Å². The lowest BCUT2D eigenvalue weighted by atomic mass is 10.0. The molecule has 0 aliphatic carbocycles. The molecule has 1 saturated heterocycles. The van der Waals surface area contributed by atoms with Gasteiger partial charge in [0.25, 0.3) is 5.85 Å². The largest absolute Gasteiger partial charge is 0.390 e. The van der Waals surface area contributed by atoms with Crippen LogP contribution in [0.15, 0.2) is 6.33 Å². The van der Waals surface area contributed by atoms with Gasteiger partial charge in [-0.2, -0.15) is 0 Å². The summed E-state index contributed by atoms with van der Waals surface area (Å²) in [6.07, 6.45) is -0.871. The number of ether oxygens (including phenoxy) is 1. The van der Waals surface area contributed by atoms with Gasteiger partial charge in [-0.1, -0.05) is 6.92 Å². The first-order valence-electron chi connectivity index (χ1n) is 6.24. The Morgan fingerprint density at radius 2 is 2.40 bits per heavy atom. The van der Waals surface area contributed by atoms with Gasteiger partial charge in [-0.25, -0.2) is 14.4 Å². The van der Waals surface area contributed by atoms with Crippen molar-refractivity contribution in [3.8, 4) is 0 Å². The van der Waals surface area contributed by atoms with Crippen LogP contribution in [0.2, 0.25) is 0 Å². The van der Waals surface area contributed by atoms with Crippen LogP contribution in [-0.4, -0.2) is 51.6 Å². The van der Waals surface area contributed by atoms with Crippen molar-refractivity contribution < 1.29 is 19.3 Å². The van der Waals surface area contributed by atoms with E-state index in [0.29, 0.717) is 18.2 Å². The highest BCUT2D eigenvalue weighted by atomic mass is 19.2. The third-order valence-electron chi connectivity index (χ3n) is 3.78. The van der Waals surface area contributed by atoms with Crippen LogP contribution in [0.4, 0.5) is 21.7 Å². The lowest BCUT2D eigenvalue weighted by Gasteiger charge is -2.27. The first-order valence-corrected chi connectivity index (χ1v) is 6.24. The maximum atomic E-state index is 14.2. The molecule has 2 aliphatic heterocycles. The van der Waals surface area contributed by atoms with Crippen LogP contribution in [0.3, 0.4) is 0 Å². The Morgan fingerprint density at radius 3 is 3.05 bits per heavy atom. The van der Waals surface area contributed by atoms with Crippen molar-refractivity contribution in [3.63, 3.8) is 0 Å². The van der Waals surface area contributed by atoms with Crippen LogP contribution >= 0.6 is 0 Å². The number of nitrogen functional groups attached to an aromatic ring is 1. The number of anilines is 3. The molecular formula is C11H16FN5O3. The molecule has 0 unspecified atom stereocenters. The minimum Gasteiger partial charge on any atom is -0.390 e. The molecule has 8 nitrogen and oxygen atoms in total. The predicted molar refractivity (Wildman–Crippen MR) is 68.4 cm³/mol. The third kappa shape index (κ3) is 1.70. The molecule has 0 spiro atoms. The fourth-order valence-corrected chi connectivity index (χ4v) is 2.63. The van der Waals surface area contributed by atoms with Crippen LogP contribution in [0.1, 0.15) is 6.92 Å². The lowest BCUT2D eigenvalue weighted by Crippen LogP contribution is -2.40. The van der Waals surface area contributed by atoms with Gasteiger partial charge in [-0.05, 0) is 0 Å². The Balaban J connectivity index is 1.92. The van der Waals surface area contributed by atoms with E-state index in [9.17, 15) is 9.50 Å². The number of nitrogens with zero attached hydrogens (tertiary/aromatic N) is 3. The van der Waals surface area contributed by atoms with Crippen LogP contribution in [0.5, 0.6) is 0 Å². The maximum Gasteiger partial charge on any atom is 0.260 e. The van der Waals surface area contributed by atoms with Gasteiger partial charge in [-0.3, -0.25) is 0 Å². The molecule has 1 fully saturated rings. The molecule has 20 heavy (non-hydrogen) atoms. The van der Waals surface area contributed by atoms with E-state index in [1.54, 1.807) is 11.8 Å². The minimum absolute atomic E-state index is 0.289. The molecule has 0 saturated carbocycles. The SMILES string of the molecule is C[C@@H]1[C@H](N2CNc3c(N)ncnc32)O[C@](F)(CO)[C@H]1O. The molecule has 110 valence electrons. The number of nitrogens with one attached hydrogen (secondary N) is 1. The average molecular weight is 285 g/mol. The number of halogens is 1. The smallest absolute Gasteiger partial charge is 0.260 e. The van der Waals surface area contributed by atoms with E-state index in [1.165, 1.54) is 6.33 Å². The zero-order valence-electron chi connectivity index (χ0n) is 10.8. The van der Waals surface area contributed by atoms with Gasteiger partial charge < -0.3 is 30.9 Å². The van der Waals surface area contributed by atoms with Crippen LogP contribution in [0.25, 0.3) is 0 Å². The molecule has 9 heteroatoms. The summed E-state index contributed by atoms with van der Waals surface area (Å²) in [6.45, 7) is 1.05. The number of fused-ring (bicyclic) bond motifs is 1. The van der Waals surface area contributed by atoms with Crippen molar-refractivity contribution in [3.05, 3.63) is 6.33 Å². The fourth-order valence-electron chi connectivity index (χ4n) is 2.63. The van der Waals surface area contributed by atoms with Crippen LogP contribution < -0.4 is 16.0 Å². The van der Waals surface area contributed by atoms with Gasteiger partial charge in [0.05, 0.1) is 6.67 Å². The van der Waals surface area contributed by atoms with Crippen molar-refractivity contribution in [1.29, 1.82) is 0 Å². The monoisotopic (exact) mass is 285 g/mol. The zero-order valence-corrected chi connectivity index (χ0v) is 10.8. The Bertz CT molecular complexity index is 533. The van der Waals surface area contributed by atoms with Crippen LogP contribution in [0, 0.1) is 5.92 Å². The third-order valence-corrected chi connectivity index (χ3v) is 3.78. The van der Waals surface area contributed by atoms with Crippen molar-refractivity contribution in [2.24, 2.45) is 5.92 Å². The fraction of sp³-hybridized carbons (Fsp3) is 0.636. The number of alkyl halides is 1. The quantitative estimate of drug-likeness (QED) is 0.561. The molecule has 1 aromatic rings. The van der Waals surface area contributed by atoms with Gasteiger partial charge >= 0.3 is 0 Å². The van der Waals surface area contributed by atoms with Gasteiger partial charge in [0, 0.05) is 5.92 Å². The number of aromatic nitrogens is 2. The topological polar surface area (TPSA) is 117 Å². The molecular weight excluding hydrogens is 269 g/mol. The van der Waals surface area contributed by atoms with E-state index >= 15 is 0 Å². The Kier molecular flexibility index (Phi) is 2.92. The van der Waals surface area contributed by atoms with Gasteiger partial charge in [0.15, 0.2) is 11.6 Å². The molecule has 1 aromatic heterocycles. The van der Waals surface area contributed by atoms with Gasteiger partial charge in [0.2, 0.25) is 0 Å². The molecule has 0 amide bonds. The normalized spacial score (nSPS) is 36.0. The molecule has 0 radical (unpaired) electrons. The second kappa shape index (κ2) is 4.40. The average Bonchev–Trinajstić information content (AvgIpc) is 2.96. The summed E-state index contributed by atoms with van der Waals surface area (Å²) in [7, 11) is 0. The summed E-state index contributed by atoms with van der Waals surface area (Å²) in [4.78, 5) is 9.62. The number of aliphatic hydroxyl groups excluding tert-OH is 2. The zero-order chi connectivity index (χ0) is 14.5. The second-order valence-electron chi connectivity index (χ2n) is 5.02. The molecule has 0 aromatic carbocycles. The molecule has 5 N–H and O–H groups in total. The van der Waals surface area contributed by atoms with Gasteiger partial charge in [0.1, 0.15) is 31.0 Å². The summed E-state index contributed by atoms with van der Waals surface area (Å²) in [5.74, 6) is -2.23. The number of nitrogens with two attached hydrogens (primary N) is 1. The first kappa shape index (κ1) is 13.3. The molecule has 4 atom stereocenters. The Hall–Kier alpha value is -1.71. The highest BCUT2D eigenvalue weighted by Gasteiger charge is 2.56. The number of hydrogen-bond donors (Lipinski definition) is 4. The number of aliphatic hydroxyl groups is 2. The van der Waals surface area contributed by atoms with Gasteiger partial charge in [-0.15, -0.1) is 0 Å². The summed E-state index contributed by atoms with van der Waals surface area (Å²) in [6, 6.07) is 0. The molecule has 3 heterocycles. The van der Waals surface area contributed by atoms with E-state index in [0.717, 1.165) is 0 Å². The van der Waals surface area contributed by atoms with E-state index in [2.05, 4.69) is 15.3 Å². The molecule has 3 rings (SSSR count). The minimum atomic E-state index is -2.47. The summed E-state index contributed by atoms with van der Waals surface area (Å²) in [5, 5.41) is 22.0. The maximum absolute atomic E-state index is 14.2. The molecule has 2 aliphatic rings. The number of hydrogen-bond acceptors (Lipinski definition) is 8. The Labute approximate surface area is 114 Å². The van der Waals surface area contributed by atoms with Crippen molar-refractivity contribution >= 4 is 17.3 Å².